The van der Waals surface area contributed by atoms with E-state index >= 15 is 4.39 Å². The molecule has 0 bridgehead atoms. The molecule has 2 aromatic heterocycles. The second-order valence-electron chi connectivity index (χ2n) is 13.6. The zero-order chi connectivity index (χ0) is 32.2. The van der Waals surface area contributed by atoms with Gasteiger partial charge in [0.15, 0.2) is 5.82 Å². The summed E-state index contributed by atoms with van der Waals surface area (Å²) in [5, 5.41) is 16.9. The molecule has 244 valence electrons. The summed E-state index contributed by atoms with van der Waals surface area (Å²) in [4.78, 5) is 21.4. The Hall–Kier alpha value is -4.19. The third-order valence-electron chi connectivity index (χ3n) is 9.86. The molecule has 2 aromatic carbocycles. The van der Waals surface area contributed by atoms with Gasteiger partial charge in [0, 0.05) is 67.3 Å². The summed E-state index contributed by atoms with van der Waals surface area (Å²) in [5.74, 6) is 2.17. The number of aromatic hydroxyl groups is 1. The fourth-order valence-electron chi connectivity index (χ4n) is 7.38. The molecule has 0 amide bonds. The number of hydrogen-bond acceptors (Lipinski definition) is 10. The average Bonchev–Trinajstić information content (AvgIpc) is 3.72. The van der Waals surface area contributed by atoms with Gasteiger partial charge < -0.3 is 30.3 Å². The number of nitrogens with two attached hydrogens (primary N) is 1. The number of rotatable bonds is 9. The Bertz CT molecular complexity index is 1750. The van der Waals surface area contributed by atoms with Crippen LogP contribution in [0.2, 0.25) is 0 Å². The molecule has 1 aliphatic carbocycles. The van der Waals surface area contributed by atoms with Crippen molar-refractivity contribution >= 4 is 28.2 Å². The van der Waals surface area contributed by atoms with Gasteiger partial charge in [-0.3, -0.25) is 0 Å². The molecular weight excluding hydrogens is 585 g/mol. The summed E-state index contributed by atoms with van der Waals surface area (Å²) in [7, 11) is 6.01. The Morgan fingerprint density at radius 2 is 1.96 bits per heavy atom. The van der Waals surface area contributed by atoms with Crippen molar-refractivity contribution in [1.82, 2.24) is 29.6 Å². The minimum Gasteiger partial charge on any atom is -0.508 e. The molecular formula is C34H44FN9O2. The SMILES string of the molecule is CCc1c(F)ccc2cc(O)cc(N3CCc4c(nc(OCC5(CN(C)C)CC5)nc4N4CCCC(c5nc(N)n(C)n5)C4)C3)c12. The van der Waals surface area contributed by atoms with Gasteiger partial charge in [0.05, 0.1) is 18.8 Å². The molecule has 1 saturated carbocycles. The van der Waals surface area contributed by atoms with Gasteiger partial charge in [-0.2, -0.15) is 20.1 Å². The van der Waals surface area contributed by atoms with E-state index in [1.807, 2.05) is 14.0 Å². The third-order valence-corrected chi connectivity index (χ3v) is 9.86. The van der Waals surface area contributed by atoms with E-state index in [9.17, 15) is 5.11 Å². The molecule has 2 fully saturated rings. The summed E-state index contributed by atoms with van der Waals surface area (Å²) < 4.78 is 23.1. The Balaban J connectivity index is 1.25. The number of nitrogen functional groups attached to an aromatic ring is 1. The van der Waals surface area contributed by atoms with Gasteiger partial charge in [0.1, 0.15) is 17.4 Å². The zero-order valence-electron chi connectivity index (χ0n) is 27.3. The van der Waals surface area contributed by atoms with Crippen LogP contribution in [0.3, 0.4) is 0 Å². The topological polar surface area (TPSA) is 122 Å². The highest BCUT2D eigenvalue weighted by molar-refractivity contribution is 5.98. The van der Waals surface area contributed by atoms with E-state index in [0.29, 0.717) is 50.1 Å². The number of halogens is 1. The van der Waals surface area contributed by atoms with Crippen LogP contribution < -0.4 is 20.3 Å². The van der Waals surface area contributed by atoms with Crippen LogP contribution in [0.5, 0.6) is 11.8 Å². The third kappa shape index (κ3) is 5.78. The van der Waals surface area contributed by atoms with Gasteiger partial charge in [0.25, 0.3) is 0 Å². The van der Waals surface area contributed by atoms with Gasteiger partial charge in [-0.05, 0) is 75.7 Å². The molecule has 1 saturated heterocycles. The first-order chi connectivity index (χ1) is 22.1. The Morgan fingerprint density at radius 3 is 2.67 bits per heavy atom. The van der Waals surface area contributed by atoms with Crippen LogP contribution in [0.15, 0.2) is 24.3 Å². The van der Waals surface area contributed by atoms with Crippen molar-refractivity contribution in [2.24, 2.45) is 12.5 Å². The van der Waals surface area contributed by atoms with Crippen molar-refractivity contribution < 1.29 is 14.2 Å². The van der Waals surface area contributed by atoms with E-state index < -0.39 is 0 Å². The van der Waals surface area contributed by atoms with E-state index in [1.54, 1.807) is 22.9 Å². The first-order valence-electron chi connectivity index (χ1n) is 16.4. The number of piperidine rings is 1. The van der Waals surface area contributed by atoms with Crippen LogP contribution in [0.1, 0.15) is 61.2 Å². The maximum atomic E-state index is 15.0. The Kier molecular flexibility index (Phi) is 7.86. The molecule has 1 unspecified atom stereocenters. The van der Waals surface area contributed by atoms with Crippen molar-refractivity contribution in [3.8, 4) is 11.8 Å². The summed E-state index contributed by atoms with van der Waals surface area (Å²) >= 11 is 0. The lowest BCUT2D eigenvalue weighted by Crippen LogP contribution is -2.39. The van der Waals surface area contributed by atoms with E-state index in [-0.39, 0.29) is 22.9 Å². The summed E-state index contributed by atoms with van der Waals surface area (Å²) in [6, 6.07) is 7.09. The number of aromatic nitrogens is 5. The highest BCUT2D eigenvalue weighted by Gasteiger charge is 2.44. The van der Waals surface area contributed by atoms with E-state index in [2.05, 4.69) is 38.9 Å². The lowest BCUT2D eigenvalue weighted by atomic mass is 9.95. The Morgan fingerprint density at radius 1 is 1.13 bits per heavy atom. The molecule has 46 heavy (non-hydrogen) atoms. The first kappa shape index (κ1) is 30.5. The van der Waals surface area contributed by atoms with Crippen LogP contribution in [-0.4, -0.2) is 81.6 Å². The number of aryl methyl sites for hydroxylation is 2. The molecule has 3 N–H and O–H groups in total. The number of phenols is 1. The van der Waals surface area contributed by atoms with Gasteiger partial charge in [-0.15, -0.1) is 0 Å². The minimum atomic E-state index is -0.227. The van der Waals surface area contributed by atoms with E-state index in [1.165, 1.54) is 6.07 Å². The largest absolute Gasteiger partial charge is 0.508 e. The Labute approximate surface area is 269 Å². The molecule has 0 radical (unpaired) electrons. The van der Waals surface area contributed by atoms with Crippen LogP contribution >= 0.6 is 0 Å². The molecule has 0 spiro atoms. The highest BCUT2D eigenvalue weighted by atomic mass is 19.1. The summed E-state index contributed by atoms with van der Waals surface area (Å²) in [5.41, 5.74) is 9.65. The van der Waals surface area contributed by atoms with Crippen LogP contribution in [0.25, 0.3) is 10.8 Å². The fraction of sp³-hybridized carbons (Fsp3) is 0.529. The van der Waals surface area contributed by atoms with Crippen molar-refractivity contribution in [3.63, 3.8) is 0 Å². The molecule has 4 heterocycles. The molecule has 1 atom stereocenters. The highest BCUT2D eigenvalue weighted by Crippen LogP contribution is 2.46. The zero-order valence-corrected chi connectivity index (χ0v) is 27.3. The van der Waals surface area contributed by atoms with Gasteiger partial charge in [-0.25, -0.2) is 9.07 Å². The predicted octanol–water partition coefficient (Wildman–Crippen LogP) is 4.41. The summed E-state index contributed by atoms with van der Waals surface area (Å²) in [6.07, 6.45) is 5.49. The lowest BCUT2D eigenvalue weighted by molar-refractivity contribution is 0.182. The van der Waals surface area contributed by atoms with Crippen molar-refractivity contribution in [2.45, 2.75) is 57.9 Å². The average molecular weight is 630 g/mol. The number of ether oxygens (including phenoxy) is 1. The van der Waals surface area contributed by atoms with Crippen LogP contribution in [-0.2, 0) is 26.4 Å². The maximum absolute atomic E-state index is 15.0. The standard InChI is InChI=1S/C34H44FN9O2/c1-5-24-26(35)9-8-21-15-23(45)16-28(29(21)24)43-14-10-25-27(18-43)37-33(46-20-34(11-12-34)19-41(2)3)39-31(25)44-13-6-7-22(17-44)30-38-32(36)42(4)40-30/h8-9,15-16,22,45H,5-7,10-14,17-20H2,1-4H3,(H2,36,38,40). The molecule has 2 aliphatic heterocycles. The lowest BCUT2D eigenvalue weighted by Gasteiger charge is -2.37. The molecule has 11 nitrogen and oxygen atoms in total. The second-order valence-corrected chi connectivity index (χ2v) is 13.6. The van der Waals surface area contributed by atoms with Crippen LogP contribution in [0, 0.1) is 11.2 Å². The monoisotopic (exact) mass is 629 g/mol. The maximum Gasteiger partial charge on any atom is 0.318 e. The fourth-order valence-corrected chi connectivity index (χ4v) is 7.38. The van der Waals surface area contributed by atoms with E-state index in [4.69, 9.17) is 20.4 Å². The van der Waals surface area contributed by atoms with Crippen LogP contribution in [0.4, 0.5) is 21.8 Å². The minimum absolute atomic E-state index is 0.136. The summed E-state index contributed by atoms with van der Waals surface area (Å²) in [6.45, 7) is 6.29. The number of hydrogen-bond donors (Lipinski definition) is 2. The molecule has 7 rings (SSSR count). The molecule has 3 aliphatic rings. The molecule has 4 aromatic rings. The number of benzene rings is 2. The normalized spacial score (nSPS) is 19.1. The van der Waals surface area contributed by atoms with Crippen molar-refractivity contribution in [3.05, 3.63) is 52.7 Å². The smallest absolute Gasteiger partial charge is 0.318 e. The van der Waals surface area contributed by atoms with Crippen molar-refractivity contribution in [2.75, 3.05) is 62.4 Å². The van der Waals surface area contributed by atoms with Crippen molar-refractivity contribution in [1.29, 1.82) is 0 Å². The van der Waals surface area contributed by atoms with Gasteiger partial charge in [-0.1, -0.05) is 13.0 Å². The van der Waals surface area contributed by atoms with Gasteiger partial charge >= 0.3 is 6.01 Å². The number of nitrogens with zero attached hydrogens (tertiary/aromatic N) is 8. The first-order valence-corrected chi connectivity index (χ1v) is 16.4. The predicted molar refractivity (Wildman–Crippen MR) is 177 cm³/mol. The second kappa shape index (κ2) is 11.9. The number of phenolic OH excluding ortho intramolecular Hbond substituents is 1. The molecule has 12 heteroatoms. The number of anilines is 3. The number of fused-ring (bicyclic) bond motifs is 2. The van der Waals surface area contributed by atoms with Gasteiger partial charge in [0.2, 0.25) is 5.95 Å². The van der Waals surface area contributed by atoms with E-state index in [0.717, 1.165) is 84.7 Å². The quantitative estimate of drug-likeness (QED) is 0.275.